The maximum Gasteiger partial charge on any atom is 0.0502 e. The molecule has 0 aromatic carbocycles. The number of allylic oxidation sites excluding steroid dienone is 2. The normalized spacial score (nSPS) is 44.0. The fourth-order valence-electron chi connectivity index (χ4n) is 1.29. The highest BCUT2D eigenvalue weighted by molar-refractivity contribution is 8.10. The number of aliphatic hydroxyl groups excluding tert-OH is 1. The molecule has 1 aliphatic heterocycles. The fraction of sp³-hybridized carbons (Fsp3) is 0.556. The number of thioether (sulfide) groups is 1. The van der Waals surface area contributed by atoms with Crippen molar-refractivity contribution in [3.8, 4) is 0 Å². The predicted octanol–water partition coefficient (Wildman–Crippen LogP) is 1.99. The van der Waals surface area contributed by atoms with Crippen molar-refractivity contribution >= 4 is 11.8 Å². The lowest BCUT2D eigenvalue weighted by molar-refractivity contribution is 0.399. The molecule has 2 heteroatoms. The third kappa shape index (κ3) is 1.25. The Balaban J connectivity index is 0.000000281. The van der Waals surface area contributed by atoms with Crippen molar-refractivity contribution in [2.24, 2.45) is 0 Å². The van der Waals surface area contributed by atoms with E-state index < -0.39 is 0 Å². The van der Waals surface area contributed by atoms with Crippen LogP contribution in [0.5, 0.6) is 0 Å². The molecule has 2 atom stereocenters. The van der Waals surface area contributed by atoms with Gasteiger partial charge in [0, 0.05) is 7.11 Å². The lowest BCUT2D eigenvalue weighted by atomic mass is 9.92. The van der Waals surface area contributed by atoms with E-state index in [1.165, 1.54) is 0 Å². The van der Waals surface area contributed by atoms with Crippen molar-refractivity contribution < 1.29 is 5.11 Å². The van der Waals surface area contributed by atoms with Crippen molar-refractivity contribution in [2.45, 2.75) is 23.3 Å². The fourth-order valence-corrected chi connectivity index (χ4v) is 2.55. The van der Waals surface area contributed by atoms with Gasteiger partial charge in [-0.1, -0.05) is 24.3 Å². The first-order valence-corrected chi connectivity index (χ1v) is 4.50. The Hall–Kier alpha value is -0.210. The molecule has 0 spiro atoms. The van der Waals surface area contributed by atoms with E-state index in [-0.39, 0.29) is 0 Å². The Labute approximate surface area is 72.2 Å². The van der Waals surface area contributed by atoms with Crippen molar-refractivity contribution in [1.29, 1.82) is 0 Å². The topological polar surface area (TPSA) is 20.2 Å². The number of hydrogen-bond acceptors (Lipinski definition) is 2. The van der Waals surface area contributed by atoms with Crippen molar-refractivity contribution in [3.05, 3.63) is 24.3 Å². The number of fused-ring (bicyclic) bond motifs is 1. The summed E-state index contributed by atoms with van der Waals surface area (Å²) in [7, 11) is 1.00. The molecule has 1 heterocycles. The van der Waals surface area contributed by atoms with Crippen LogP contribution in [-0.4, -0.2) is 21.7 Å². The van der Waals surface area contributed by atoms with Gasteiger partial charge in [0.2, 0.25) is 0 Å². The SMILES string of the molecule is CC12C=CC=CC1(C)S2.CO. The van der Waals surface area contributed by atoms with E-state index in [0.717, 1.165) is 7.11 Å². The van der Waals surface area contributed by atoms with Crippen LogP contribution in [0.1, 0.15) is 13.8 Å². The van der Waals surface area contributed by atoms with Crippen LogP contribution >= 0.6 is 11.8 Å². The summed E-state index contributed by atoms with van der Waals surface area (Å²) in [6.07, 6.45) is 8.86. The quantitative estimate of drug-likeness (QED) is 0.561. The summed E-state index contributed by atoms with van der Waals surface area (Å²) < 4.78 is 0.865. The van der Waals surface area contributed by atoms with Gasteiger partial charge >= 0.3 is 0 Å². The van der Waals surface area contributed by atoms with E-state index in [2.05, 4.69) is 38.2 Å². The van der Waals surface area contributed by atoms with Crippen LogP contribution in [0, 0.1) is 0 Å². The second-order valence-corrected chi connectivity index (χ2v) is 4.93. The molecule has 2 aliphatic rings. The van der Waals surface area contributed by atoms with E-state index in [1.54, 1.807) is 0 Å². The van der Waals surface area contributed by atoms with Gasteiger partial charge in [-0.2, -0.15) is 0 Å². The molecule has 0 amide bonds. The number of rotatable bonds is 0. The van der Waals surface area contributed by atoms with E-state index in [4.69, 9.17) is 5.11 Å². The largest absolute Gasteiger partial charge is 0.400 e. The van der Waals surface area contributed by atoms with Gasteiger partial charge in [0.1, 0.15) is 0 Å². The Kier molecular flexibility index (Phi) is 2.17. The molecular weight excluding hydrogens is 156 g/mol. The van der Waals surface area contributed by atoms with Gasteiger partial charge in [-0.3, -0.25) is 0 Å². The molecule has 1 aliphatic carbocycles. The summed E-state index contributed by atoms with van der Waals surface area (Å²) in [5.41, 5.74) is 0. The standard InChI is InChI=1S/C8H10S.CH4O/c1-7-5-3-4-6-8(7,2)9-7;1-2/h3-6H,1-2H3;2H,1H3. The predicted molar refractivity (Wildman–Crippen MR) is 50.8 cm³/mol. The van der Waals surface area contributed by atoms with Gasteiger partial charge in [-0.25, -0.2) is 0 Å². The van der Waals surface area contributed by atoms with Crippen LogP contribution in [0.3, 0.4) is 0 Å². The molecule has 2 unspecified atom stereocenters. The first kappa shape index (κ1) is 8.88. The van der Waals surface area contributed by atoms with Crippen molar-refractivity contribution in [1.82, 2.24) is 0 Å². The van der Waals surface area contributed by atoms with E-state index in [9.17, 15) is 0 Å². The molecule has 0 aromatic heterocycles. The van der Waals surface area contributed by atoms with Crippen molar-refractivity contribution in [3.63, 3.8) is 0 Å². The van der Waals surface area contributed by atoms with Crippen LogP contribution in [0.2, 0.25) is 0 Å². The van der Waals surface area contributed by atoms with E-state index in [0.29, 0.717) is 9.49 Å². The highest BCUT2D eigenvalue weighted by Gasteiger charge is 2.59. The van der Waals surface area contributed by atoms with Crippen molar-refractivity contribution in [2.75, 3.05) is 7.11 Å². The summed E-state index contributed by atoms with van der Waals surface area (Å²) in [5, 5.41) is 7.00. The van der Waals surface area contributed by atoms with Gasteiger partial charge in [0.25, 0.3) is 0 Å². The third-order valence-electron chi connectivity index (χ3n) is 2.31. The lowest BCUT2D eigenvalue weighted by Gasteiger charge is -2.09. The second-order valence-electron chi connectivity index (χ2n) is 3.03. The Morgan fingerprint density at radius 3 is 1.64 bits per heavy atom. The maximum absolute atomic E-state index is 7.00. The van der Waals surface area contributed by atoms with Crippen LogP contribution < -0.4 is 0 Å². The Morgan fingerprint density at radius 1 is 1.00 bits per heavy atom. The van der Waals surface area contributed by atoms with Crippen LogP contribution in [0.25, 0.3) is 0 Å². The molecule has 1 N–H and O–H groups in total. The summed E-state index contributed by atoms with van der Waals surface area (Å²) in [4.78, 5) is 0. The molecule has 0 radical (unpaired) electrons. The smallest absolute Gasteiger partial charge is 0.0502 e. The minimum absolute atomic E-state index is 0.432. The highest BCUT2D eigenvalue weighted by Crippen LogP contribution is 2.66. The summed E-state index contributed by atoms with van der Waals surface area (Å²) >= 11 is 2.03. The van der Waals surface area contributed by atoms with E-state index in [1.807, 2.05) is 11.8 Å². The van der Waals surface area contributed by atoms with Crippen LogP contribution in [-0.2, 0) is 0 Å². The molecule has 1 fully saturated rings. The minimum Gasteiger partial charge on any atom is -0.400 e. The Morgan fingerprint density at radius 2 is 1.36 bits per heavy atom. The summed E-state index contributed by atoms with van der Waals surface area (Å²) in [6.45, 7) is 4.58. The monoisotopic (exact) mass is 170 g/mol. The Bertz CT molecular complexity index is 188. The lowest BCUT2D eigenvalue weighted by Crippen LogP contribution is -2.16. The van der Waals surface area contributed by atoms with E-state index >= 15 is 0 Å². The molecular formula is C9H14OS. The molecule has 0 aromatic rings. The molecule has 2 rings (SSSR count). The molecule has 62 valence electrons. The van der Waals surface area contributed by atoms with Gasteiger partial charge in [0.15, 0.2) is 0 Å². The maximum atomic E-state index is 7.00. The van der Waals surface area contributed by atoms with Gasteiger partial charge in [-0.05, 0) is 13.8 Å². The molecule has 0 bridgehead atoms. The summed E-state index contributed by atoms with van der Waals surface area (Å²) in [6, 6.07) is 0. The molecule has 0 saturated carbocycles. The first-order chi connectivity index (χ1) is 5.16. The third-order valence-corrected chi connectivity index (χ3v) is 4.07. The first-order valence-electron chi connectivity index (χ1n) is 3.68. The number of hydrogen-bond donors (Lipinski definition) is 1. The van der Waals surface area contributed by atoms with Gasteiger partial charge in [-0.15, -0.1) is 11.8 Å². The average molecular weight is 170 g/mol. The number of aliphatic hydroxyl groups is 1. The molecule has 11 heavy (non-hydrogen) atoms. The highest BCUT2D eigenvalue weighted by atomic mass is 32.2. The zero-order chi connectivity index (χ0) is 8.54. The average Bonchev–Trinajstić information content (AvgIpc) is 2.57. The minimum atomic E-state index is 0.432. The van der Waals surface area contributed by atoms with Crippen LogP contribution in [0.15, 0.2) is 24.3 Å². The van der Waals surface area contributed by atoms with Gasteiger partial charge in [0.05, 0.1) is 9.49 Å². The zero-order valence-corrected chi connectivity index (χ0v) is 7.98. The van der Waals surface area contributed by atoms with Gasteiger partial charge < -0.3 is 5.11 Å². The second kappa shape index (κ2) is 2.68. The van der Waals surface area contributed by atoms with Crippen LogP contribution in [0.4, 0.5) is 0 Å². The molecule has 1 saturated heterocycles. The summed E-state index contributed by atoms with van der Waals surface area (Å²) in [5.74, 6) is 0. The zero-order valence-electron chi connectivity index (χ0n) is 7.16. The molecule has 1 nitrogen and oxygen atoms in total.